The first-order chi connectivity index (χ1) is 21.6. The molecule has 0 aliphatic carbocycles. The Morgan fingerprint density at radius 1 is 0.822 bits per heavy atom. The summed E-state index contributed by atoms with van der Waals surface area (Å²) in [6, 6.07) is 27.4. The number of anilines is 1. The number of hydrogen-bond acceptors (Lipinski definition) is 4. The molecule has 0 saturated heterocycles. The lowest BCUT2D eigenvalue weighted by atomic mass is 10.0. The van der Waals surface area contributed by atoms with Gasteiger partial charge in [0.25, 0.3) is 10.0 Å². The van der Waals surface area contributed by atoms with Crippen molar-refractivity contribution >= 4 is 62.3 Å². The van der Waals surface area contributed by atoms with Gasteiger partial charge < -0.3 is 10.2 Å². The molecule has 0 bridgehead atoms. The van der Waals surface area contributed by atoms with Crippen LogP contribution in [0.4, 0.5) is 5.69 Å². The summed E-state index contributed by atoms with van der Waals surface area (Å²) in [7, 11) is -4.28. The van der Waals surface area contributed by atoms with Gasteiger partial charge in [-0.3, -0.25) is 13.9 Å². The van der Waals surface area contributed by atoms with Gasteiger partial charge in [0.1, 0.15) is 12.6 Å². The number of carbonyl (C=O) groups excluding carboxylic acids is 2. The van der Waals surface area contributed by atoms with Gasteiger partial charge in [-0.15, -0.1) is 0 Å². The first-order valence-corrected chi connectivity index (χ1v) is 17.1. The number of carbonyl (C=O) groups is 2. The van der Waals surface area contributed by atoms with Crippen molar-refractivity contribution in [3.8, 4) is 0 Å². The second kappa shape index (κ2) is 16.1. The Morgan fingerprint density at radius 3 is 2.18 bits per heavy atom. The normalized spacial score (nSPS) is 11.9. The molecule has 4 aromatic rings. The minimum atomic E-state index is -4.28. The van der Waals surface area contributed by atoms with Gasteiger partial charge in [0.2, 0.25) is 11.8 Å². The number of hydrogen-bond donors (Lipinski definition) is 1. The number of nitrogens with one attached hydrogen (secondary N) is 1. The molecule has 0 aromatic heterocycles. The number of nitrogens with zero attached hydrogens (tertiary/aromatic N) is 2. The standard InChI is InChI=1S/C34H34Cl3N3O4S/c1-2-3-20-38-34(42)32(21-25-10-5-4-6-11-25)39(23-26-12-7-8-15-31(26)37)33(41)24-40(29-14-9-13-28(36)22-29)45(43,44)30-18-16-27(35)17-19-30/h4-19,22,32H,2-3,20-21,23-24H2,1H3,(H,38,42)/t32-/m1/s1. The molecule has 1 N–H and O–H groups in total. The summed E-state index contributed by atoms with van der Waals surface area (Å²) < 4.78 is 29.1. The van der Waals surface area contributed by atoms with Crippen LogP contribution in [-0.4, -0.2) is 44.3 Å². The summed E-state index contributed by atoms with van der Waals surface area (Å²) in [5.41, 5.74) is 1.64. The summed E-state index contributed by atoms with van der Waals surface area (Å²) in [5.74, 6) is -0.943. The zero-order chi connectivity index (χ0) is 32.4. The molecule has 1 atom stereocenters. The fourth-order valence-corrected chi connectivity index (χ4v) is 6.68. The Balaban J connectivity index is 1.80. The summed E-state index contributed by atoms with van der Waals surface area (Å²) in [5, 5.41) is 4.04. The van der Waals surface area contributed by atoms with Crippen molar-refractivity contribution in [1.82, 2.24) is 10.2 Å². The van der Waals surface area contributed by atoms with E-state index in [2.05, 4.69) is 5.32 Å². The molecule has 0 aliphatic heterocycles. The molecule has 0 unspecified atom stereocenters. The van der Waals surface area contributed by atoms with E-state index in [1.54, 1.807) is 42.5 Å². The van der Waals surface area contributed by atoms with E-state index in [-0.39, 0.29) is 29.5 Å². The predicted molar refractivity (Wildman–Crippen MR) is 181 cm³/mol. The zero-order valence-electron chi connectivity index (χ0n) is 24.7. The molecule has 4 rings (SSSR count). The van der Waals surface area contributed by atoms with Crippen molar-refractivity contribution in [2.45, 2.75) is 43.7 Å². The van der Waals surface area contributed by atoms with Gasteiger partial charge in [-0.05, 0) is 66.1 Å². The van der Waals surface area contributed by atoms with Crippen LogP contribution in [0.3, 0.4) is 0 Å². The molecule has 4 aromatic carbocycles. The van der Waals surface area contributed by atoms with E-state index in [1.165, 1.54) is 35.2 Å². The molecular weight excluding hydrogens is 653 g/mol. The maximum atomic E-state index is 14.5. The quantitative estimate of drug-likeness (QED) is 0.140. The predicted octanol–water partition coefficient (Wildman–Crippen LogP) is 7.40. The summed E-state index contributed by atoms with van der Waals surface area (Å²) in [6.45, 7) is 1.82. The monoisotopic (exact) mass is 685 g/mol. The highest BCUT2D eigenvalue weighted by molar-refractivity contribution is 7.92. The van der Waals surface area contributed by atoms with E-state index < -0.39 is 28.5 Å². The van der Waals surface area contributed by atoms with E-state index in [0.717, 1.165) is 22.7 Å². The molecule has 0 aliphatic rings. The molecule has 0 spiro atoms. The number of rotatable bonds is 14. The Hall–Kier alpha value is -3.56. The molecule has 0 saturated carbocycles. The molecule has 11 heteroatoms. The fourth-order valence-electron chi connectivity index (χ4n) is 4.76. The number of benzene rings is 4. The highest BCUT2D eigenvalue weighted by Gasteiger charge is 2.35. The Kier molecular flexibility index (Phi) is 12.3. The van der Waals surface area contributed by atoms with Crippen molar-refractivity contribution < 1.29 is 18.0 Å². The van der Waals surface area contributed by atoms with E-state index in [1.807, 2.05) is 37.3 Å². The van der Waals surface area contributed by atoms with Crippen LogP contribution in [0.2, 0.25) is 15.1 Å². The van der Waals surface area contributed by atoms with Crippen LogP contribution in [0.1, 0.15) is 30.9 Å². The summed E-state index contributed by atoms with van der Waals surface area (Å²) in [4.78, 5) is 29.6. The molecule has 7 nitrogen and oxygen atoms in total. The summed E-state index contributed by atoms with van der Waals surface area (Å²) >= 11 is 18.8. The maximum Gasteiger partial charge on any atom is 0.264 e. The third kappa shape index (κ3) is 9.23. The van der Waals surface area contributed by atoms with E-state index in [4.69, 9.17) is 34.8 Å². The highest BCUT2D eigenvalue weighted by Crippen LogP contribution is 2.28. The number of amides is 2. The van der Waals surface area contributed by atoms with Gasteiger partial charge in [-0.1, -0.05) is 103 Å². The SMILES string of the molecule is CCCCNC(=O)[C@@H](Cc1ccccc1)N(Cc1ccccc1Cl)C(=O)CN(c1cccc(Cl)c1)S(=O)(=O)c1ccc(Cl)cc1. The number of halogens is 3. The van der Waals surface area contributed by atoms with Crippen molar-refractivity contribution in [2.75, 3.05) is 17.4 Å². The van der Waals surface area contributed by atoms with Crippen molar-refractivity contribution in [2.24, 2.45) is 0 Å². The van der Waals surface area contributed by atoms with Crippen LogP contribution in [0.5, 0.6) is 0 Å². The smallest absolute Gasteiger partial charge is 0.264 e. The van der Waals surface area contributed by atoms with Crippen LogP contribution >= 0.6 is 34.8 Å². The van der Waals surface area contributed by atoms with E-state index in [0.29, 0.717) is 27.2 Å². The average Bonchev–Trinajstić information content (AvgIpc) is 3.03. The third-order valence-electron chi connectivity index (χ3n) is 7.18. The molecule has 0 radical (unpaired) electrons. The van der Waals surface area contributed by atoms with Gasteiger partial charge in [0.05, 0.1) is 10.6 Å². The van der Waals surface area contributed by atoms with Gasteiger partial charge in [0.15, 0.2) is 0 Å². The molecule has 2 amide bonds. The van der Waals surface area contributed by atoms with Gasteiger partial charge in [-0.2, -0.15) is 0 Å². The lowest BCUT2D eigenvalue weighted by Crippen LogP contribution is -2.53. The van der Waals surface area contributed by atoms with Crippen molar-refractivity contribution in [3.63, 3.8) is 0 Å². The average molecular weight is 687 g/mol. The second-order valence-corrected chi connectivity index (χ2v) is 13.6. The topological polar surface area (TPSA) is 86.8 Å². The first kappa shape index (κ1) is 34.3. The lowest BCUT2D eigenvalue weighted by Gasteiger charge is -2.34. The number of sulfonamides is 1. The fraction of sp³-hybridized carbons (Fsp3) is 0.235. The van der Waals surface area contributed by atoms with Gasteiger partial charge in [-0.25, -0.2) is 8.42 Å². The van der Waals surface area contributed by atoms with Crippen LogP contribution in [0, 0.1) is 0 Å². The minimum Gasteiger partial charge on any atom is -0.354 e. The zero-order valence-corrected chi connectivity index (χ0v) is 27.8. The van der Waals surface area contributed by atoms with E-state index in [9.17, 15) is 18.0 Å². The van der Waals surface area contributed by atoms with Crippen LogP contribution in [-0.2, 0) is 32.6 Å². The van der Waals surface area contributed by atoms with Crippen LogP contribution < -0.4 is 9.62 Å². The summed E-state index contributed by atoms with van der Waals surface area (Å²) in [6.07, 6.45) is 1.85. The van der Waals surface area contributed by atoms with Crippen molar-refractivity contribution in [1.29, 1.82) is 0 Å². The minimum absolute atomic E-state index is 0.0262. The maximum absolute atomic E-state index is 14.5. The Bertz CT molecular complexity index is 1700. The largest absolute Gasteiger partial charge is 0.354 e. The molecule has 0 heterocycles. The molecule has 45 heavy (non-hydrogen) atoms. The molecule has 0 fully saturated rings. The van der Waals surface area contributed by atoms with Crippen molar-refractivity contribution in [3.05, 3.63) is 129 Å². The first-order valence-electron chi connectivity index (χ1n) is 14.5. The second-order valence-electron chi connectivity index (χ2n) is 10.4. The molecule has 236 valence electrons. The molecular formula is C34H34Cl3N3O4S. The number of unbranched alkanes of at least 4 members (excludes halogenated alkanes) is 1. The lowest BCUT2D eigenvalue weighted by molar-refractivity contribution is -0.140. The van der Waals surface area contributed by atoms with E-state index >= 15 is 0 Å². The Morgan fingerprint density at radius 2 is 1.51 bits per heavy atom. The third-order valence-corrected chi connectivity index (χ3v) is 9.82. The van der Waals surface area contributed by atoms with Gasteiger partial charge in [0, 0.05) is 34.6 Å². The Labute approximate surface area is 279 Å². The van der Waals surface area contributed by atoms with Gasteiger partial charge >= 0.3 is 0 Å². The highest BCUT2D eigenvalue weighted by atomic mass is 35.5. The van der Waals surface area contributed by atoms with Crippen LogP contribution in [0.15, 0.2) is 108 Å². The van der Waals surface area contributed by atoms with Crippen LogP contribution in [0.25, 0.3) is 0 Å².